The molecule has 26 heavy (non-hydrogen) atoms. The maximum absolute atomic E-state index is 12.8. The molecule has 0 saturated carbocycles. The number of aromatic amines is 1. The number of methoxy groups -OCH3 is 1. The fourth-order valence-electron chi connectivity index (χ4n) is 2.60. The van der Waals surface area contributed by atoms with Gasteiger partial charge in [-0.25, -0.2) is 9.50 Å². The normalized spacial score (nSPS) is 10.8. The van der Waals surface area contributed by atoms with Crippen LogP contribution >= 0.6 is 0 Å². The molecule has 0 amide bonds. The molecule has 3 aromatic heterocycles. The number of nitrogens with one attached hydrogen (secondary N) is 2. The van der Waals surface area contributed by atoms with Gasteiger partial charge < -0.3 is 10.1 Å². The number of carbonyl (C=O) groups excluding carboxylic acids is 1. The lowest BCUT2D eigenvalue weighted by atomic mass is 10.1. The Bertz CT molecular complexity index is 1080. The van der Waals surface area contributed by atoms with Gasteiger partial charge in [-0.05, 0) is 43.3 Å². The summed E-state index contributed by atoms with van der Waals surface area (Å²) in [5, 5.41) is 14.5. The van der Waals surface area contributed by atoms with Gasteiger partial charge in [0.1, 0.15) is 11.3 Å². The van der Waals surface area contributed by atoms with E-state index in [2.05, 4.69) is 25.6 Å². The van der Waals surface area contributed by atoms with E-state index in [9.17, 15) is 4.79 Å². The van der Waals surface area contributed by atoms with Gasteiger partial charge in [0.25, 0.3) is 0 Å². The molecule has 0 saturated heterocycles. The monoisotopic (exact) mass is 348 g/mol. The number of H-pyrrole nitrogens is 1. The van der Waals surface area contributed by atoms with Crippen LogP contribution in [0, 0.1) is 6.92 Å². The van der Waals surface area contributed by atoms with Crippen LogP contribution in [-0.2, 0) is 0 Å². The number of aromatic nitrogens is 5. The molecule has 4 rings (SSSR count). The second-order valence-electron chi connectivity index (χ2n) is 5.74. The standard InChI is InChI=1S/C18H16N6O2/c1-11-10-15(22-21-11)19-17-14-4-3-9-24(14)23-18(20-17)16(25)12-5-7-13(26-2)8-6-12/h3-10H,1-2H3,(H2,19,20,21,22,23). The average Bonchev–Trinajstić information content (AvgIpc) is 3.30. The third kappa shape index (κ3) is 2.88. The van der Waals surface area contributed by atoms with E-state index in [0.717, 1.165) is 11.2 Å². The van der Waals surface area contributed by atoms with Crippen LogP contribution in [0.15, 0.2) is 48.7 Å². The van der Waals surface area contributed by atoms with E-state index >= 15 is 0 Å². The van der Waals surface area contributed by atoms with Crippen LogP contribution in [0.1, 0.15) is 21.9 Å². The summed E-state index contributed by atoms with van der Waals surface area (Å²) >= 11 is 0. The van der Waals surface area contributed by atoms with E-state index in [4.69, 9.17) is 4.74 Å². The van der Waals surface area contributed by atoms with E-state index in [1.54, 1.807) is 42.1 Å². The molecular weight excluding hydrogens is 332 g/mol. The number of aryl methyl sites for hydroxylation is 1. The summed E-state index contributed by atoms with van der Waals surface area (Å²) < 4.78 is 6.74. The predicted molar refractivity (Wildman–Crippen MR) is 96.0 cm³/mol. The Morgan fingerprint density at radius 1 is 1.23 bits per heavy atom. The third-order valence-electron chi connectivity index (χ3n) is 3.90. The van der Waals surface area contributed by atoms with Crippen molar-refractivity contribution in [3.8, 4) is 5.75 Å². The van der Waals surface area contributed by atoms with Crippen molar-refractivity contribution in [2.45, 2.75) is 6.92 Å². The first-order valence-corrected chi connectivity index (χ1v) is 7.97. The Labute approximate surface area is 148 Å². The second-order valence-corrected chi connectivity index (χ2v) is 5.74. The minimum absolute atomic E-state index is 0.0913. The lowest BCUT2D eigenvalue weighted by Crippen LogP contribution is -2.12. The van der Waals surface area contributed by atoms with E-state index in [1.807, 2.05) is 25.1 Å². The van der Waals surface area contributed by atoms with Crippen molar-refractivity contribution >= 4 is 22.9 Å². The third-order valence-corrected chi connectivity index (χ3v) is 3.90. The zero-order valence-electron chi connectivity index (χ0n) is 14.2. The van der Waals surface area contributed by atoms with Crippen LogP contribution in [0.2, 0.25) is 0 Å². The first kappa shape index (κ1) is 15.8. The van der Waals surface area contributed by atoms with E-state index in [-0.39, 0.29) is 11.6 Å². The maximum atomic E-state index is 12.8. The maximum Gasteiger partial charge on any atom is 0.232 e. The highest BCUT2D eigenvalue weighted by molar-refractivity contribution is 6.06. The van der Waals surface area contributed by atoms with E-state index in [0.29, 0.717) is 22.9 Å². The molecule has 3 heterocycles. The summed E-state index contributed by atoms with van der Waals surface area (Å²) in [5.74, 6) is 1.62. The summed E-state index contributed by atoms with van der Waals surface area (Å²) in [6.45, 7) is 1.91. The van der Waals surface area contributed by atoms with Crippen LogP contribution < -0.4 is 10.1 Å². The number of benzene rings is 1. The van der Waals surface area contributed by atoms with Crippen LogP contribution in [0.5, 0.6) is 5.75 Å². The molecule has 0 bridgehead atoms. The zero-order valence-corrected chi connectivity index (χ0v) is 14.2. The molecule has 8 nitrogen and oxygen atoms in total. The molecule has 0 spiro atoms. The highest BCUT2D eigenvalue weighted by Crippen LogP contribution is 2.20. The number of rotatable bonds is 5. The largest absolute Gasteiger partial charge is 0.497 e. The van der Waals surface area contributed by atoms with Crippen molar-refractivity contribution in [2.24, 2.45) is 0 Å². The smallest absolute Gasteiger partial charge is 0.232 e. The van der Waals surface area contributed by atoms with Crippen LogP contribution in [-0.4, -0.2) is 37.7 Å². The quantitative estimate of drug-likeness (QED) is 0.538. The first-order valence-electron chi connectivity index (χ1n) is 7.97. The number of ether oxygens (including phenoxy) is 1. The molecular formula is C18H16N6O2. The van der Waals surface area contributed by atoms with Crippen molar-refractivity contribution in [3.05, 3.63) is 65.7 Å². The lowest BCUT2D eigenvalue weighted by Gasteiger charge is -2.08. The molecule has 0 aliphatic rings. The minimum atomic E-state index is -0.274. The SMILES string of the molecule is COc1ccc(C(=O)c2nc(Nc3cc(C)[nH]n3)c3cccn3n2)cc1. The van der Waals surface area contributed by atoms with Gasteiger partial charge in [-0.1, -0.05) is 0 Å². The second kappa shape index (κ2) is 6.32. The number of ketones is 1. The molecule has 0 aliphatic heterocycles. The average molecular weight is 348 g/mol. The number of fused-ring (bicyclic) bond motifs is 1. The van der Waals surface area contributed by atoms with Gasteiger partial charge >= 0.3 is 0 Å². The number of carbonyl (C=O) groups is 1. The van der Waals surface area contributed by atoms with Gasteiger partial charge in [0.05, 0.1) is 7.11 Å². The Hall–Kier alpha value is -3.68. The zero-order chi connectivity index (χ0) is 18.1. The number of nitrogens with zero attached hydrogens (tertiary/aromatic N) is 4. The topological polar surface area (TPSA) is 97.2 Å². The molecule has 1 aromatic carbocycles. The molecule has 0 aliphatic carbocycles. The summed E-state index contributed by atoms with van der Waals surface area (Å²) in [6, 6.07) is 12.4. The predicted octanol–water partition coefficient (Wildman–Crippen LogP) is 2.74. The fraction of sp³-hybridized carbons (Fsp3) is 0.111. The summed E-state index contributed by atoms with van der Waals surface area (Å²) in [5.41, 5.74) is 2.15. The molecule has 2 N–H and O–H groups in total. The molecule has 0 radical (unpaired) electrons. The van der Waals surface area contributed by atoms with Crippen LogP contribution in [0.4, 0.5) is 11.6 Å². The summed E-state index contributed by atoms with van der Waals surface area (Å²) in [7, 11) is 1.58. The van der Waals surface area contributed by atoms with Gasteiger partial charge in [0.15, 0.2) is 11.6 Å². The van der Waals surface area contributed by atoms with Crippen molar-refractivity contribution in [3.63, 3.8) is 0 Å². The fourth-order valence-corrected chi connectivity index (χ4v) is 2.60. The first-order chi connectivity index (χ1) is 12.6. The van der Waals surface area contributed by atoms with E-state index in [1.165, 1.54) is 0 Å². The molecule has 4 aromatic rings. The van der Waals surface area contributed by atoms with Crippen LogP contribution in [0.3, 0.4) is 0 Å². The molecule has 0 fully saturated rings. The molecule has 8 heteroatoms. The van der Waals surface area contributed by atoms with Gasteiger partial charge in [-0.3, -0.25) is 9.89 Å². The number of anilines is 2. The molecule has 130 valence electrons. The highest BCUT2D eigenvalue weighted by atomic mass is 16.5. The molecule has 0 atom stereocenters. The lowest BCUT2D eigenvalue weighted by molar-refractivity contribution is 0.102. The minimum Gasteiger partial charge on any atom is -0.497 e. The number of hydrogen-bond acceptors (Lipinski definition) is 6. The van der Waals surface area contributed by atoms with Crippen LogP contribution in [0.25, 0.3) is 5.52 Å². The van der Waals surface area contributed by atoms with Crippen molar-refractivity contribution < 1.29 is 9.53 Å². The summed E-state index contributed by atoms with van der Waals surface area (Å²) in [6.07, 6.45) is 1.77. The Morgan fingerprint density at radius 2 is 2.04 bits per heavy atom. The van der Waals surface area contributed by atoms with Gasteiger partial charge in [-0.2, -0.15) is 5.10 Å². The van der Waals surface area contributed by atoms with Gasteiger partial charge in [0, 0.05) is 23.5 Å². The van der Waals surface area contributed by atoms with Gasteiger partial charge in [0.2, 0.25) is 11.6 Å². The van der Waals surface area contributed by atoms with Crippen molar-refractivity contribution in [1.29, 1.82) is 0 Å². The van der Waals surface area contributed by atoms with Crippen molar-refractivity contribution in [1.82, 2.24) is 24.8 Å². The Kier molecular flexibility index (Phi) is 3.85. The number of hydrogen-bond donors (Lipinski definition) is 2. The Balaban J connectivity index is 1.73. The van der Waals surface area contributed by atoms with Gasteiger partial charge in [-0.15, -0.1) is 5.10 Å². The van der Waals surface area contributed by atoms with E-state index < -0.39 is 0 Å². The van der Waals surface area contributed by atoms with Crippen molar-refractivity contribution in [2.75, 3.05) is 12.4 Å². The summed E-state index contributed by atoms with van der Waals surface area (Å²) in [4.78, 5) is 17.2. The highest BCUT2D eigenvalue weighted by Gasteiger charge is 2.17. The molecule has 0 unspecified atom stereocenters. The Morgan fingerprint density at radius 3 is 2.73 bits per heavy atom.